The molecule has 1 unspecified atom stereocenters. The highest BCUT2D eigenvalue weighted by Crippen LogP contribution is 2.20. The number of hydrogen-bond donors (Lipinski definition) is 3. The van der Waals surface area contributed by atoms with E-state index in [0.717, 1.165) is 0 Å². The summed E-state index contributed by atoms with van der Waals surface area (Å²) in [4.78, 5) is 23.8. The van der Waals surface area contributed by atoms with Crippen LogP contribution in [-0.4, -0.2) is 29.1 Å². The molecular weight excluding hydrogens is 252 g/mol. The lowest BCUT2D eigenvalue weighted by Crippen LogP contribution is -2.54. The Kier molecular flexibility index (Phi) is 4.86. The number of likely N-dealkylation sites (N-methyl/N-ethyl adjacent to an activating group) is 1. The number of carbonyl (C=O) groups is 2. The number of carboxylic acids is 1. The fourth-order valence-electron chi connectivity index (χ4n) is 1.54. The van der Waals surface area contributed by atoms with E-state index in [1.807, 2.05) is 6.92 Å². The van der Waals surface area contributed by atoms with Crippen LogP contribution in [0.1, 0.15) is 31.7 Å². The fourth-order valence-corrected chi connectivity index (χ4v) is 2.31. The zero-order valence-electron chi connectivity index (χ0n) is 10.7. The Morgan fingerprint density at radius 1 is 1.50 bits per heavy atom. The lowest BCUT2D eigenvalue weighted by molar-refractivity contribution is -0.142. The number of hydrogen-bond acceptors (Lipinski definition) is 4. The van der Waals surface area contributed by atoms with Crippen LogP contribution in [0.25, 0.3) is 0 Å². The van der Waals surface area contributed by atoms with E-state index in [4.69, 9.17) is 5.11 Å². The molecular formula is C12H18N2O3S. The summed E-state index contributed by atoms with van der Waals surface area (Å²) in [6.45, 7) is 5.97. The molecule has 0 fully saturated rings. The number of aliphatic carboxylic acids is 1. The third-order valence-electron chi connectivity index (χ3n) is 2.54. The molecule has 1 atom stereocenters. The predicted molar refractivity (Wildman–Crippen MR) is 70.6 cm³/mol. The first kappa shape index (κ1) is 14.7. The standard InChI is InChI=1S/C12H18N2O3S/c1-4-13-12(2,3)11(17)14-9(10(15)16)8-6-5-7-18-8/h5-7,9,13H,4H2,1-3H3,(H,14,17)(H,15,16). The minimum atomic E-state index is -1.06. The molecule has 18 heavy (non-hydrogen) atoms. The van der Waals surface area contributed by atoms with Crippen LogP contribution in [0.2, 0.25) is 0 Å². The molecule has 0 bridgehead atoms. The maximum Gasteiger partial charge on any atom is 0.331 e. The van der Waals surface area contributed by atoms with Gasteiger partial charge in [0.2, 0.25) is 5.91 Å². The second-order valence-corrected chi connectivity index (χ2v) is 5.39. The molecule has 0 saturated heterocycles. The Morgan fingerprint density at radius 2 is 2.17 bits per heavy atom. The first-order valence-electron chi connectivity index (χ1n) is 5.70. The van der Waals surface area contributed by atoms with Crippen LogP contribution in [0, 0.1) is 0 Å². The highest BCUT2D eigenvalue weighted by atomic mass is 32.1. The second kappa shape index (κ2) is 5.97. The topological polar surface area (TPSA) is 78.4 Å². The van der Waals surface area contributed by atoms with Crippen molar-refractivity contribution in [3.63, 3.8) is 0 Å². The molecule has 1 aromatic rings. The molecule has 1 heterocycles. The molecule has 0 radical (unpaired) electrons. The summed E-state index contributed by atoms with van der Waals surface area (Å²) in [5.41, 5.74) is -0.792. The van der Waals surface area contributed by atoms with E-state index in [1.54, 1.807) is 31.4 Å². The highest BCUT2D eigenvalue weighted by molar-refractivity contribution is 7.10. The van der Waals surface area contributed by atoms with E-state index >= 15 is 0 Å². The van der Waals surface area contributed by atoms with Crippen molar-refractivity contribution in [2.24, 2.45) is 0 Å². The van der Waals surface area contributed by atoms with Gasteiger partial charge in [-0.2, -0.15) is 0 Å². The Balaban J connectivity index is 2.80. The first-order valence-corrected chi connectivity index (χ1v) is 6.58. The summed E-state index contributed by atoms with van der Waals surface area (Å²) in [5, 5.41) is 16.5. The molecule has 6 heteroatoms. The molecule has 1 rings (SSSR count). The van der Waals surface area contributed by atoms with Crippen molar-refractivity contribution in [3.05, 3.63) is 22.4 Å². The van der Waals surface area contributed by atoms with Gasteiger partial charge in [0.1, 0.15) is 0 Å². The third kappa shape index (κ3) is 3.54. The Labute approximate surface area is 110 Å². The fraction of sp³-hybridized carbons (Fsp3) is 0.500. The second-order valence-electron chi connectivity index (χ2n) is 4.42. The zero-order chi connectivity index (χ0) is 13.8. The highest BCUT2D eigenvalue weighted by Gasteiger charge is 2.31. The number of amides is 1. The van der Waals surface area contributed by atoms with Gasteiger partial charge in [0, 0.05) is 4.88 Å². The normalized spacial score (nSPS) is 13.1. The summed E-state index contributed by atoms with van der Waals surface area (Å²) < 4.78 is 0. The Morgan fingerprint density at radius 3 is 2.61 bits per heavy atom. The molecule has 0 aliphatic rings. The number of carboxylic acid groups (broad SMARTS) is 1. The molecule has 0 saturated carbocycles. The Bertz CT molecular complexity index is 415. The van der Waals surface area contributed by atoms with Crippen molar-refractivity contribution >= 4 is 23.2 Å². The molecule has 0 aliphatic heterocycles. The smallest absolute Gasteiger partial charge is 0.331 e. The molecule has 0 spiro atoms. The van der Waals surface area contributed by atoms with Gasteiger partial charge in [-0.15, -0.1) is 11.3 Å². The van der Waals surface area contributed by atoms with Crippen molar-refractivity contribution in [3.8, 4) is 0 Å². The zero-order valence-corrected chi connectivity index (χ0v) is 11.5. The maximum absolute atomic E-state index is 12.0. The lowest BCUT2D eigenvalue weighted by Gasteiger charge is -2.26. The molecule has 1 aromatic heterocycles. The van der Waals surface area contributed by atoms with Crippen LogP contribution in [-0.2, 0) is 9.59 Å². The summed E-state index contributed by atoms with van der Waals surface area (Å²) in [6, 6.07) is 2.47. The van der Waals surface area contributed by atoms with E-state index in [2.05, 4.69) is 10.6 Å². The minimum Gasteiger partial charge on any atom is -0.479 e. The van der Waals surface area contributed by atoms with Gasteiger partial charge in [0.05, 0.1) is 5.54 Å². The van der Waals surface area contributed by atoms with Crippen molar-refractivity contribution in [2.75, 3.05) is 6.54 Å². The minimum absolute atomic E-state index is 0.329. The predicted octanol–water partition coefficient (Wildman–Crippen LogP) is 1.38. The third-order valence-corrected chi connectivity index (χ3v) is 3.47. The van der Waals surface area contributed by atoms with Crippen molar-refractivity contribution in [1.82, 2.24) is 10.6 Å². The van der Waals surface area contributed by atoms with E-state index in [1.165, 1.54) is 11.3 Å². The van der Waals surface area contributed by atoms with Crippen LogP contribution >= 0.6 is 11.3 Å². The van der Waals surface area contributed by atoms with Gasteiger partial charge in [-0.25, -0.2) is 4.79 Å². The van der Waals surface area contributed by atoms with Gasteiger partial charge in [0.15, 0.2) is 6.04 Å². The van der Waals surface area contributed by atoms with Crippen LogP contribution in [0.5, 0.6) is 0 Å². The summed E-state index contributed by atoms with van der Waals surface area (Å²) in [5.74, 6) is -1.39. The number of rotatable bonds is 6. The van der Waals surface area contributed by atoms with Crippen LogP contribution in [0.3, 0.4) is 0 Å². The molecule has 0 aromatic carbocycles. The lowest BCUT2D eigenvalue weighted by atomic mass is 10.0. The van der Waals surface area contributed by atoms with E-state index < -0.39 is 17.6 Å². The van der Waals surface area contributed by atoms with E-state index in [0.29, 0.717) is 11.4 Å². The van der Waals surface area contributed by atoms with Crippen LogP contribution in [0.4, 0.5) is 0 Å². The van der Waals surface area contributed by atoms with E-state index in [-0.39, 0.29) is 5.91 Å². The summed E-state index contributed by atoms with van der Waals surface area (Å²) in [6.07, 6.45) is 0. The van der Waals surface area contributed by atoms with Gasteiger partial charge < -0.3 is 15.7 Å². The SMILES string of the molecule is CCNC(C)(C)C(=O)NC(C(=O)O)c1cccs1. The average Bonchev–Trinajstić information content (AvgIpc) is 2.77. The van der Waals surface area contributed by atoms with Crippen LogP contribution in [0.15, 0.2) is 17.5 Å². The van der Waals surface area contributed by atoms with E-state index in [9.17, 15) is 9.59 Å². The first-order chi connectivity index (χ1) is 8.38. The molecule has 3 N–H and O–H groups in total. The van der Waals surface area contributed by atoms with Gasteiger partial charge in [-0.05, 0) is 31.8 Å². The quantitative estimate of drug-likeness (QED) is 0.729. The van der Waals surface area contributed by atoms with Crippen LogP contribution < -0.4 is 10.6 Å². The average molecular weight is 270 g/mol. The summed E-state index contributed by atoms with van der Waals surface area (Å²) >= 11 is 1.31. The Hall–Kier alpha value is -1.40. The maximum atomic E-state index is 12.0. The summed E-state index contributed by atoms with van der Waals surface area (Å²) in [7, 11) is 0. The monoisotopic (exact) mass is 270 g/mol. The van der Waals surface area contributed by atoms with Crippen molar-refractivity contribution in [1.29, 1.82) is 0 Å². The number of nitrogens with one attached hydrogen (secondary N) is 2. The van der Waals surface area contributed by atoms with Gasteiger partial charge in [0.25, 0.3) is 0 Å². The van der Waals surface area contributed by atoms with Gasteiger partial charge in [-0.3, -0.25) is 4.79 Å². The van der Waals surface area contributed by atoms with Gasteiger partial charge in [-0.1, -0.05) is 13.0 Å². The van der Waals surface area contributed by atoms with Crippen molar-refractivity contribution < 1.29 is 14.7 Å². The number of thiophene rings is 1. The molecule has 5 nitrogen and oxygen atoms in total. The van der Waals surface area contributed by atoms with Gasteiger partial charge >= 0.3 is 5.97 Å². The largest absolute Gasteiger partial charge is 0.479 e. The molecule has 100 valence electrons. The molecule has 1 amide bonds. The molecule has 0 aliphatic carbocycles. The van der Waals surface area contributed by atoms with Crippen molar-refractivity contribution in [2.45, 2.75) is 32.4 Å². The number of carbonyl (C=O) groups excluding carboxylic acids is 1.